The number of hydrogen-bond acceptors (Lipinski definition) is 17. The summed E-state index contributed by atoms with van der Waals surface area (Å²) < 4.78 is 89.2. The SMILES string of the molecule is Nc1nc2c(ncn2[C@@H]2O[C@@H]3COP([O-])(=S)O[C@H]4[C@@H](F)[C@H](n5cnc6c(N)ncnc65)O[C@@H]4CNS(=O)(=O)O[C@H]3[C@@H]2F)c(=O)[nH]1. The normalized spacial score (nSPS) is 35.5. The van der Waals surface area contributed by atoms with Crippen molar-refractivity contribution >= 4 is 62.9 Å². The molecule has 1 unspecified atom stereocenters. The zero-order valence-corrected chi connectivity index (χ0v) is 24.8. The number of nitrogens with one attached hydrogen (secondary N) is 2. The second-order valence-electron chi connectivity index (χ2n) is 10.1. The predicted molar refractivity (Wildman–Crippen MR) is 147 cm³/mol. The third-order valence-corrected chi connectivity index (χ3v) is 9.80. The van der Waals surface area contributed by atoms with Gasteiger partial charge in [0.25, 0.3) is 5.56 Å². The molecule has 0 amide bonds. The standard InChI is InChI=1S/C20H22F2N11O9PS2/c21-8-12-6(39-18(8)32-4-27-10-14(23)25-3-26-15(10)32)1-29-45(36,37)42-13-7(2-38-43(35,44)41-12)40-19(9(13)22)33-5-28-11-16(33)30-20(24)31-17(11)34/h3-9,12-13,18-19,29H,1-2H2,(H,35,44)(H2,23,25,26)(H3,24,30,31,34)/p-1/t6-,7-,8-,9+,12-,13-,18-,19-,43?/m1/s1. The molecule has 25 heteroatoms. The van der Waals surface area contributed by atoms with Gasteiger partial charge in [-0.2, -0.15) is 18.1 Å². The molecule has 3 aliphatic rings. The van der Waals surface area contributed by atoms with Gasteiger partial charge in [-0.3, -0.25) is 18.9 Å². The summed E-state index contributed by atoms with van der Waals surface area (Å²) >= 11 is 5.00. The lowest BCUT2D eigenvalue weighted by Crippen LogP contribution is -2.45. The quantitative estimate of drug-likeness (QED) is 0.162. The van der Waals surface area contributed by atoms with Gasteiger partial charge in [0.2, 0.25) is 5.95 Å². The Morgan fingerprint density at radius 2 is 1.67 bits per heavy atom. The molecule has 20 nitrogen and oxygen atoms in total. The first-order chi connectivity index (χ1) is 21.3. The molecule has 45 heavy (non-hydrogen) atoms. The molecule has 0 saturated carbocycles. The van der Waals surface area contributed by atoms with Crippen molar-refractivity contribution in [1.82, 2.24) is 43.8 Å². The minimum Gasteiger partial charge on any atom is -0.780 e. The Labute approximate surface area is 254 Å². The second kappa shape index (κ2) is 10.9. The van der Waals surface area contributed by atoms with E-state index in [0.717, 1.165) is 17.2 Å². The lowest BCUT2D eigenvalue weighted by Gasteiger charge is -2.34. The number of nitrogens with two attached hydrogens (primary N) is 2. The molecule has 0 radical (unpaired) electrons. The number of anilines is 2. The number of rotatable bonds is 2. The van der Waals surface area contributed by atoms with E-state index in [1.807, 2.05) is 0 Å². The lowest BCUT2D eigenvalue weighted by atomic mass is 10.1. The summed E-state index contributed by atoms with van der Waals surface area (Å²) in [5, 5.41) is 0. The van der Waals surface area contributed by atoms with Gasteiger partial charge >= 0.3 is 10.3 Å². The highest BCUT2D eigenvalue weighted by atomic mass is 32.5. The summed E-state index contributed by atoms with van der Waals surface area (Å²) in [6, 6.07) is 0. The molecule has 3 fully saturated rings. The Balaban J connectivity index is 1.17. The smallest absolute Gasteiger partial charge is 0.336 e. The van der Waals surface area contributed by atoms with E-state index in [9.17, 15) is 18.1 Å². The molecule has 7 heterocycles. The Kier molecular flexibility index (Phi) is 7.34. The van der Waals surface area contributed by atoms with E-state index < -0.39 is 84.9 Å². The molecule has 9 atom stereocenters. The van der Waals surface area contributed by atoms with Crippen molar-refractivity contribution in [3.05, 3.63) is 29.3 Å². The molecule has 4 aromatic heterocycles. The van der Waals surface area contributed by atoms with Gasteiger partial charge in [-0.15, -0.1) is 0 Å². The maximum atomic E-state index is 15.9. The molecule has 0 spiro atoms. The second-order valence-corrected chi connectivity index (χ2v) is 14.1. The van der Waals surface area contributed by atoms with Crippen LogP contribution in [0.15, 0.2) is 23.8 Å². The van der Waals surface area contributed by atoms with Crippen molar-refractivity contribution in [3.8, 4) is 0 Å². The molecule has 0 bridgehead atoms. The van der Waals surface area contributed by atoms with Crippen molar-refractivity contribution in [2.75, 3.05) is 24.6 Å². The highest BCUT2D eigenvalue weighted by Crippen LogP contribution is 2.48. The van der Waals surface area contributed by atoms with Crippen LogP contribution in [0.4, 0.5) is 20.5 Å². The highest BCUT2D eigenvalue weighted by Gasteiger charge is 2.52. The van der Waals surface area contributed by atoms with Crippen LogP contribution in [0.3, 0.4) is 0 Å². The Morgan fingerprint density at radius 1 is 1.00 bits per heavy atom. The van der Waals surface area contributed by atoms with Crippen LogP contribution in [0.2, 0.25) is 0 Å². The van der Waals surface area contributed by atoms with Crippen LogP contribution in [0.5, 0.6) is 0 Å². The zero-order chi connectivity index (χ0) is 31.8. The van der Waals surface area contributed by atoms with E-state index in [4.69, 9.17) is 46.0 Å². The van der Waals surface area contributed by atoms with Crippen LogP contribution < -0.4 is 26.6 Å². The number of ether oxygens (including phenoxy) is 2. The number of alkyl halides is 2. The van der Waals surface area contributed by atoms with Gasteiger partial charge in [0, 0.05) is 6.54 Å². The average Bonchev–Trinajstić information content (AvgIpc) is 3.72. The van der Waals surface area contributed by atoms with Gasteiger partial charge in [-0.1, -0.05) is 11.8 Å². The molecule has 4 aromatic rings. The number of hydrogen-bond donors (Lipinski definition) is 4. The number of imidazole rings is 2. The number of halogens is 2. The van der Waals surface area contributed by atoms with Crippen molar-refractivity contribution < 1.29 is 44.8 Å². The average molecular weight is 693 g/mol. The monoisotopic (exact) mass is 692 g/mol. The Bertz CT molecular complexity index is 2010. The minimum atomic E-state index is -4.79. The first-order valence-electron chi connectivity index (χ1n) is 12.9. The van der Waals surface area contributed by atoms with Crippen molar-refractivity contribution in [1.29, 1.82) is 0 Å². The fourth-order valence-electron chi connectivity index (χ4n) is 5.27. The van der Waals surface area contributed by atoms with Gasteiger partial charge in [0.05, 0.1) is 19.3 Å². The van der Waals surface area contributed by atoms with Crippen molar-refractivity contribution in [3.63, 3.8) is 0 Å². The summed E-state index contributed by atoms with van der Waals surface area (Å²) in [6.07, 6.45) is -10.8. The van der Waals surface area contributed by atoms with Crippen LogP contribution in [0.1, 0.15) is 12.5 Å². The van der Waals surface area contributed by atoms with E-state index in [1.165, 1.54) is 10.9 Å². The van der Waals surface area contributed by atoms with Gasteiger partial charge in [-0.05, 0) is 0 Å². The van der Waals surface area contributed by atoms with Gasteiger partial charge in [0.15, 0.2) is 47.4 Å². The largest absolute Gasteiger partial charge is 0.780 e. The van der Waals surface area contributed by atoms with Crippen molar-refractivity contribution in [2.24, 2.45) is 0 Å². The Hall–Kier alpha value is -3.32. The molecule has 0 aliphatic carbocycles. The van der Waals surface area contributed by atoms with E-state index in [2.05, 4.69) is 34.6 Å². The number of nitrogens with zero attached hydrogens (tertiary/aromatic N) is 7. The van der Waals surface area contributed by atoms with Crippen LogP contribution >= 0.6 is 6.72 Å². The third kappa shape index (κ3) is 5.35. The number of nitrogen functional groups attached to an aromatic ring is 2. The molecule has 7 rings (SSSR count). The first kappa shape index (κ1) is 30.3. The van der Waals surface area contributed by atoms with Gasteiger partial charge < -0.3 is 34.9 Å². The van der Waals surface area contributed by atoms with Crippen LogP contribution in [0, 0.1) is 0 Å². The molecule has 0 aromatic carbocycles. The molecule has 3 saturated heterocycles. The van der Waals surface area contributed by atoms with Crippen LogP contribution in [-0.2, 0) is 44.8 Å². The fourth-order valence-corrected chi connectivity index (χ4v) is 7.65. The molecular weight excluding hydrogens is 671 g/mol. The summed E-state index contributed by atoms with van der Waals surface area (Å²) in [4.78, 5) is 47.4. The number of aromatic nitrogens is 8. The highest BCUT2D eigenvalue weighted by molar-refractivity contribution is 8.06. The summed E-state index contributed by atoms with van der Waals surface area (Å²) in [5.74, 6) is -0.288. The Morgan fingerprint density at radius 3 is 2.42 bits per heavy atom. The summed E-state index contributed by atoms with van der Waals surface area (Å²) in [5.41, 5.74) is 10.6. The summed E-state index contributed by atoms with van der Waals surface area (Å²) in [6.45, 7) is -6.09. The van der Waals surface area contributed by atoms with E-state index in [-0.39, 0.29) is 34.1 Å². The van der Waals surface area contributed by atoms with Crippen LogP contribution in [-0.4, -0.2) is 97.4 Å². The maximum absolute atomic E-state index is 15.9. The minimum absolute atomic E-state index is 0.0136. The zero-order valence-electron chi connectivity index (χ0n) is 22.2. The fraction of sp³-hybridized carbons (Fsp3) is 0.500. The molecule has 3 aliphatic heterocycles. The molecular formula is C20H21F2N11O9PS2-. The van der Waals surface area contributed by atoms with Crippen molar-refractivity contribution in [2.45, 2.75) is 49.2 Å². The number of aromatic amines is 1. The van der Waals surface area contributed by atoms with Gasteiger partial charge in [0.1, 0.15) is 43.0 Å². The third-order valence-electron chi connectivity index (χ3n) is 7.27. The number of fused-ring (bicyclic) bond motifs is 4. The maximum Gasteiger partial charge on any atom is 0.336 e. The molecule has 242 valence electrons. The van der Waals surface area contributed by atoms with Gasteiger partial charge in [-0.25, -0.2) is 32.9 Å². The lowest BCUT2D eigenvalue weighted by molar-refractivity contribution is -0.216. The van der Waals surface area contributed by atoms with E-state index in [0.29, 0.717) is 0 Å². The van der Waals surface area contributed by atoms with Crippen LogP contribution in [0.25, 0.3) is 22.3 Å². The van der Waals surface area contributed by atoms with E-state index >= 15 is 8.78 Å². The number of H-pyrrole nitrogens is 1. The molecule has 6 N–H and O–H groups in total. The van der Waals surface area contributed by atoms with E-state index in [1.54, 1.807) is 0 Å². The summed E-state index contributed by atoms with van der Waals surface area (Å²) in [7, 11) is -4.79. The first-order valence-corrected chi connectivity index (χ1v) is 16.8. The predicted octanol–water partition coefficient (Wildman–Crippen LogP) is -2.19. The topological polar surface area (TPSA) is 275 Å².